The molecule has 9 heteroatoms. The molecule has 0 spiro atoms. The first-order valence-electron chi connectivity index (χ1n) is 7.52. The Balaban J connectivity index is 1.91. The second kappa shape index (κ2) is 8.07. The summed E-state index contributed by atoms with van der Waals surface area (Å²) in [6, 6.07) is 10.5. The number of hydrogen-bond acceptors (Lipinski definition) is 5. The average Bonchev–Trinajstić information content (AvgIpc) is 2.59. The van der Waals surface area contributed by atoms with Crippen LogP contribution in [0.2, 0.25) is 0 Å². The lowest BCUT2D eigenvalue weighted by Gasteiger charge is -2.15. The van der Waals surface area contributed by atoms with E-state index in [-0.39, 0.29) is 10.5 Å². The number of nitrogens with two attached hydrogens (primary N) is 1. The van der Waals surface area contributed by atoms with Gasteiger partial charge < -0.3 is 10.1 Å². The van der Waals surface area contributed by atoms with Gasteiger partial charge in [0.1, 0.15) is 5.82 Å². The zero-order chi connectivity index (χ0) is 19.3. The van der Waals surface area contributed by atoms with Gasteiger partial charge in [-0.15, -0.1) is 0 Å². The van der Waals surface area contributed by atoms with Crippen LogP contribution in [0.4, 0.5) is 4.39 Å². The van der Waals surface area contributed by atoms with Gasteiger partial charge in [-0.2, -0.15) is 0 Å². The Hall–Kier alpha value is -2.78. The van der Waals surface area contributed by atoms with E-state index in [1.54, 1.807) is 6.92 Å². The van der Waals surface area contributed by atoms with Gasteiger partial charge in [-0.25, -0.2) is 22.7 Å². The summed E-state index contributed by atoms with van der Waals surface area (Å²) in [7, 11) is -3.79. The first-order valence-corrected chi connectivity index (χ1v) is 9.07. The Bertz CT molecular complexity index is 913. The molecule has 0 aliphatic rings. The number of ether oxygens (including phenoxy) is 1. The van der Waals surface area contributed by atoms with Crippen LogP contribution >= 0.6 is 0 Å². The third-order valence-corrected chi connectivity index (χ3v) is 4.44. The summed E-state index contributed by atoms with van der Waals surface area (Å²) in [6.45, 7) is 1.09. The molecular weight excluding hydrogens is 363 g/mol. The van der Waals surface area contributed by atoms with E-state index in [1.807, 2.05) is 0 Å². The standard InChI is InChI=1S/C17H17FN2O5S/c1-11(12-6-8-13(9-7-12)26(19,23)24)20-16(21)10-25-17(22)14-4-2-3-5-15(14)18/h2-9,11H,10H2,1H3,(H,20,21)(H2,19,23,24)/t11-/m1/s1. The monoisotopic (exact) mass is 380 g/mol. The predicted octanol–water partition coefficient (Wildman–Crippen LogP) is 1.51. The Morgan fingerprint density at radius 1 is 1.15 bits per heavy atom. The lowest BCUT2D eigenvalue weighted by Crippen LogP contribution is -2.31. The molecule has 0 aliphatic carbocycles. The number of amides is 1. The van der Waals surface area contributed by atoms with Gasteiger partial charge in [0, 0.05) is 0 Å². The maximum atomic E-state index is 13.5. The van der Waals surface area contributed by atoms with Crippen LogP contribution in [0.5, 0.6) is 0 Å². The second-order valence-electron chi connectivity index (χ2n) is 5.46. The van der Waals surface area contributed by atoms with E-state index in [4.69, 9.17) is 9.88 Å². The number of hydrogen-bond donors (Lipinski definition) is 2. The van der Waals surface area contributed by atoms with E-state index in [2.05, 4.69) is 5.32 Å². The molecule has 2 aromatic rings. The molecule has 0 aliphatic heterocycles. The van der Waals surface area contributed by atoms with E-state index < -0.39 is 40.4 Å². The van der Waals surface area contributed by atoms with Crippen molar-refractivity contribution in [3.05, 3.63) is 65.5 Å². The van der Waals surface area contributed by atoms with Crippen molar-refractivity contribution in [1.82, 2.24) is 5.32 Å². The molecule has 0 saturated carbocycles. The maximum Gasteiger partial charge on any atom is 0.341 e. The predicted molar refractivity (Wildman–Crippen MR) is 91.1 cm³/mol. The molecule has 0 unspecified atom stereocenters. The molecule has 138 valence electrons. The molecule has 7 nitrogen and oxygen atoms in total. The van der Waals surface area contributed by atoms with Gasteiger partial charge in [0.05, 0.1) is 16.5 Å². The van der Waals surface area contributed by atoms with Gasteiger partial charge in [0.2, 0.25) is 10.0 Å². The second-order valence-corrected chi connectivity index (χ2v) is 7.02. The van der Waals surface area contributed by atoms with Crippen molar-refractivity contribution in [3.63, 3.8) is 0 Å². The number of carbonyl (C=O) groups excluding carboxylic acids is 2. The molecule has 0 fully saturated rings. The summed E-state index contributed by atoms with van der Waals surface area (Å²) in [6.07, 6.45) is 0. The fraction of sp³-hybridized carbons (Fsp3) is 0.176. The van der Waals surface area contributed by atoms with Crippen molar-refractivity contribution >= 4 is 21.9 Å². The number of nitrogens with one attached hydrogen (secondary N) is 1. The molecule has 1 atom stereocenters. The fourth-order valence-electron chi connectivity index (χ4n) is 2.15. The Morgan fingerprint density at radius 3 is 2.35 bits per heavy atom. The molecule has 0 radical (unpaired) electrons. The number of primary sulfonamides is 1. The minimum Gasteiger partial charge on any atom is -0.452 e. The van der Waals surface area contributed by atoms with Crippen molar-refractivity contribution in [2.45, 2.75) is 17.9 Å². The van der Waals surface area contributed by atoms with Gasteiger partial charge in [-0.05, 0) is 36.8 Å². The third-order valence-electron chi connectivity index (χ3n) is 3.51. The summed E-state index contributed by atoms with van der Waals surface area (Å²) in [5.41, 5.74) is 0.373. The largest absolute Gasteiger partial charge is 0.452 e. The van der Waals surface area contributed by atoms with Crippen LogP contribution in [-0.2, 0) is 19.6 Å². The van der Waals surface area contributed by atoms with Gasteiger partial charge in [0.25, 0.3) is 5.91 Å². The summed E-state index contributed by atoms with van der Waals surface area (Å²) in [5.74, 6) is -2.26. The zero-order valence-electron chi connectivity index (χ0n) is 13.8. The van der Waals surface area contributed by atoms with Crippen LogP contribution < -0.4 is 10.5 Å². The van der Waals surface area contributed by atoms with Crippen LogP contribution in [-0.4, -0.2) is 26.9 Å². The highest BCUT2D eigenvalue weighted by molar-refractivity contribution is 7.89. The number of rotatable bonds is 6. The first kappa shape index (κ1) is 19.5. The Morgan fingerprint density at radius 2 is 1.77 bits per heavy atom. The first-order chi connectivity index (χ1) is 12.2. The summed E-state index contributed by atoms with van der Waals surface area (Å²) >= 11 is 0. The summed E-state index contributed by atoms with van der Waals surface area (Å²) in [5, 5.41) is 7.60. The van der Waals surface area contributed by atoms with E-state index >= 15 is 0 Å². The topological polar surface area (TPSA) is 116 Å². The lowest BCUT2D eigenvalue weighted by molar-refractivity contribution is -0.124. The number of halogens is 1. The van der Waals surface area contributed by atoms with Crippen molar-refractivity contribution < 1.29 is 27.1 Å². The lowest BCUT2D eigenvalue weighted by atomic mass is 10.1. The minimum absolute atomic E-state index is 0.0430. The SMILES string of the molecule is C[C@@H](NC(=O)COC(=O)c1ccccc1F)c1ccc(S(N)(=O)=O)cc1. The average molecular weight is 380 g/mol. The van der Waals surface area contributed by atoms with Crippen LogP contribution in [0.25, 0.3) is 0 Å². The highest BCUT2D eigenvalue weighted by atomic mass is 32.2. The van der Waals surface area contributed by atoms with E-state index in [0.29, 0.717) is 5.56 Å². The summed E-state index contributed by atoms with van der Waals surface area (Å²) in [4.78, 5) is 23.6. The summed E-state index contributed by atoms with van der Waals surface area (Å²) < 4.78 is 40.7. The van der Waals surface area contributed by atoms with E-state index in [0.717, 1.165) is 6.07 Å². The van der Waals surface area contributed by atoms with Gasteiger partial charge in [0.15, 0.2) is 6.61 Å². The molecule has 3 N–H and O–H groups in total. The van der Waals surface area contributed by atoms with Gasteiger partial charge in [-0.3, -0.25) is 4.79 Å². The highest BCUT2D eigenvalue weighted by Gasteiger charge is 2.16. The number of carbonyl (C=O) groups is 2. The molecule has 1 amide bonds. The normalized spacial score (nSPS) is 12.3. The van der Waals surface area contributed by atoms with Gasteiger partial charge in [-0.1, -0.05) is 24.3 Å². The quantitative estimate of drug-likeness (QED) is 0.737. The van der Waals surface area contributed by atoms with Crippen molar-refractivity contribution in [2.24, 2.45) is 5.14 Å². The molecule has 0 saturated heterocycles. The van der Waals surface area contributed by atoms with Crippen molar-refractivity contribution in [2.75, 3.05) is 6.61 Å². The number of sulfonamides is 1. The minimum atomic E-state index is -3.79. The van der Waals surface area contributed by atoms with Crippen molar-refractivity contribution in [1.29, 1.82) is 0 Å². The molecule has 0 heterocycles. The molecule has 0 bridgehead atoms. The Labute approximate surface area is 150 Å². The molecule has 2 rings (SSSR count). The van der Waals surface area contributed by atoms with Crippen molar-refractivity contribution in [3.8, 4) is 0 Å². The fourth-order valence-corrected chi connectivity index (χ4v) is 2.66. The van der Waals surface area contributed by atoms with E-state index in [9.17, 15) is 22.4 Å². The highest BCUT2D eigenvalue weighted by Crippen LogP contribution is 2.15. The molecular formula is C17H17FN2O5S. The van der Waals surface area contributed by atoms with Crippen LogP contribution in [0.3, 0.4) is 0 Å². The molecule has 2 aromatic carbocycles. The Kier molecular flexibility index (Phi) is 6.06. The van der Waals surface area contributed by atoms with Crippen LogP contribution in [0.15, 0.2) is 53.4 Å². The van der Waals surface area contributed by atoms with Crippen LogP contribution in [0.1, 0.15) is 28.9 Å². The maximum absolute atomic E-state index is 13.5. The van der Waals surface area contributed by atoms with E-state index in [1.165, 1.54) is 42.5 Å². The zero-order valence-corrected chi connectivity index (χ0v) is 14.6. The molecule has 0 aromatic heterocycles. The third kappa shape index (κ3) is 5.11. The molecule has 26 heavy (non-hydrogen) atoms. The smallest absolute Gasteiger partial charge is 0.341 e. The van der Waals surface area contributed by atoms with Gasteiger partial charge >= 0.3 is 5.97 Å². The van der Waals surface area contributed by atoms with Crippen LogP contribution in [0, 0.1) is 5.82 Å². The number of esters is 1. The number of benzene rings is 2.